The van der Waals surface area contributed by atoms with Crippen molar-refractivity contribution in [3.05, 3.63) is 46.4 Å². The Balaban J connectivity index is 2.34. The summed E-state index contributed by atoms with van der Waals surface area (Å²) in [5.74, 6) is -0.0666. The number of benzene rings is 1. The zero-order valence-electron chi connectivity index (χ0n) is 6.68. The number of ketones is 1. The third kappa shape index (κ3) is 1.62. The van der Waals surface area contributed by atoms with E-state index in [4.69, 9.17) is 0 Å². The lowest BCUT2D eigenvalue weighted by molar-refractivity contribution is 0.103. The highest BCUT2D eigenvalue weighted by atomic mass is 32.1. The van der Waals surface area contributed by atoms with Gasteiger partial charge in [-0.2, -0.15) is 0 Å². The van der Waals surface area contributed by atoms with Crippen LogP contribution in [0.5, 0.6) is 0 Å². The maximum atomic E-state index is 11.6. The van der Waals surface area contributed by atoms with Crippen molar-refractivity contribution in [2.24, 2.45) is 0 Å². The van der Waals surface area contributed by atoms with Gasteiger partial charge in [0.15, 0.2) is 5.01 Å². The number of hydrogen-bond donors (Lipinski definition) is 0. The number of aromatic nitrogens is 2. The van der Waals surface area contributed by atoms with E-state index in [0.29, 0.717) is 10.6 Å². The normalized spacial score (nSPS) is 9.85. The van der Waals surface area contributed by atoms with Crippen molar-refractivity contribution in [1.29, 1.82) is 0 Å². The van der Waals surface area contributed by atoms with Crippen LogP contribution in [-0.2, 0) is 0 Å². The Morgan fingerprint density at radius 1 is 1.23 bits per heavy atom. The molecule has 2 aromatic rings. The molecule has 0 aliphatic carbocycles. The average molecular weight is 190 g/mol. The number of carbonyl (C=O) groups is 1. The molecule has 2 rings (SSSR count). The Bertz CT molecular complexity index is 397. The van der Waals surface area contributed by atoms with Crippen molar-refractivity contribution in [3.8, 4) is 0 Å². The monoisotopic (exact) mass is 190 g/mol. The predicted molar refractivity (Wildman–Crippen MR) is 49.8 cm³/mol. The molecular formula is C9H6N2OS. The summed E-state index contributed by atoms with van der Waals surface area (Å²) in [5.41, 5.74) is 2.20. The number of rotatable bonds is 2. The summed E-state index contributed by atoms with van der Waals surface area (Å²) in [4.78, 5) is 11.6. The quantitative estimate of drug-likeness (QED) is 0.678. The van der Waals surface area contributed by atoms with E-state index in [1.807, 2.05) is 18.2 Å². The van der Waals surface area contributed by atoms with Gasteiger partial charge in [-0.05, 0) is 0 Å². The Hall–Kier alpha value is -1.55. The number of carbonyl (C=O) groups excluding carboxylic acids is 1. The van der Waals surface area contributed by atoms with Crippen LogP contribution >= 0.6 is 11.3 Å². The third-order valence-corrected chi connectivity index (χ3v) is 2.28. The van der Waals surface area contributed by atoms with Crippen LogP contribution in [0.2, 0.25) is 0 Å². The second-order valence-electron chi connectivity index (χ2n) is 2.44. The van der Waals surface area contributed by atoms with Crippen LogP contribution in [0.4, 0.5) is 0 Å². The molecule has 0 saturated carbocycles. The average Bonchev–Trinajstić information content (AvgIpc) is 2.71. The van der Waals surface area contributed by atoms with Crippen molar-refractivity contribution < 1.29 is 4.79 Å². The first kappa shape index (κ1) is 8.07. The molecule has 1 heterocycles. The van der Waals surface area contributed by atoms with Crippen molar-refractivity contribution in [1.82, 2.24) is 10.2 Å². The van der Waals surface area contributed by atoms with Crippen LogP contribution in [0.1, 0.15) is 15.4 Å². The molecule has 3 nitrogen and oxygen atoms in total. The van der Waals surface area contributed by atoms with Crippen LogP contribution in [-0.4, -0.2) is 16.0 Å². The summed E-state index contributed by atoms with van der Waals surface area (Å²) in [5, 5.41) is 7.76. The molecule has 0 saturated heterocycles. The fourth-order valence-electron chi connectivity index (χ4n) is 0.985. The van der Waals surface area contributed by atoms with Crippen molar-refractivity contribution in [2.45, 2.75) is 0 Å². The fraction of sp³-hybridized carbons (Fsp3) is 0. The molecule has 64 valence electrons. The smallest absolute Gasteiger partial charge is 0.223 e. The lowest BCUT2D eigenvalue weighted by Gasteiger charge is -1.93. The second-order valence-corrected chi connectivity index (χ2v) is 3.27. The van der Waals surface area contributed by atoms with E-state index in [1.54, 1.807) is 17.6 Å². The van der Waals surface area contributed by atoms with Crippen molar-refractivity contribution in [2.75, 3.05) is 0 Å². The summed E-state index contributed by atoms with van der Waals surface area (Å²) in [6, 6.07) is 9.06. The molecule has 4 heteroatoms. The maximum Gasteiger partial charge on any atom is 0.223 e. The van der Waals surface area contributed by atoms with Gasteiger partial charge in [-0.25, -0.2) is 0 Å². The lowest BCUT2D eigenvalue weighted by atomic mass is 10.1. The molecule has 0 aliphatic heterocycles. The van der Waals surface area contributed by atoms with Gasteiger partial charge in [-0.15, -0.1) is 10.2 Å². The standard InChI is InChI=1S/C9H6N2OS/c12-8(9-11-10-6-13-9)7-4-2-1-3-5-7/h1-6H. The van der Waals surface area contributed by atoms with Crippen LogP contribution in [0.3, 0.4) is 0 Å². The summed E-state index contributed by atoms with van der Waals surface area (Å²) in [7, 11) is 0. The highest BCUT2D eigenvalue weighted by Crippen LogP contribution is 2.09. The number of hydrogen-bond acceptors (Lipinski definition) is 4. The summed E-state index contributed by atoms with van der Waals surface area (Å²) >= 11 is 1.25. The number of nitrogens with zero attached hydrogens (tertiary/aromatic N) is 2. The minimum Gasteiger partial charge on any atom is -0.286 e. The van der Waals surface area contributed by atoms with E-state index in [0.717, 1.165) is 0 Å². The molecule has 0 N–H and O–H groups in total. The second kappa shape index (κ2) is 3.45. The SMILES string of the molecule is O=C(c1ccccc1)c1nncs1. The minimum absolute atomic E-state index is 0.0666. The van der Waals surface area contributed by atoms with E-state index >= 15 is 0 Å². The summed E-state index contributed by atoms with van der Waals surface area (Å²) < 4.78 is 0. The first-order chi connectivity index (χ1) is 6.38. The largest absolute Gasteiger partial charge is 0.286 e. The van der Waals surface area contributed by atoms with Gasteiger partial charge in [0.05, 0.1) is 0 Å². The first-order valence-electron chi connectivity index (χ1n) is 3.74. The summed E-state index contributed by atoms with van der Waals surface area (Å²) in [6.45, 7) is 0. The zero-order chi connectivity index (χ0) is 9.10. The van der Waals surface area contributed by atoms with Gasteiger partial charge in [-0.1, -0.05) is 41.7 Å². The van der Waals surface area contributed by atoms with E-state index in [1.165, 1.54) is 11.3 Å². The summed E-state index contributed by atoms with van der Waals surface area (Å²) in [6.07, 6.45) is 0. The molecular weight excluding hydrogens is 184 g/mol. The highest BCUT2D eigenvalue weighted by Gasteiger charge is 2.10. The van der Waals surface area contributed by atoms with E-state index in [9.17, 15) is 4.79 Å². The van der Waals surface area contributed by atoms with Gasteiger partial charge in [0.2, 0.25) is 5.78 Å². The molecule has 0 amide bonds. The third-order valence-electron chi connectivity index (χ3n) is 1.59. The molecule has 0 unspecified atom stereocenters. The Morgan fingerprint density at radius 3 is 2.62 bits per heavy atom. The molecule has 0 aliphatic rings. The molecule has 0 spiro atoms. The molecule has 0 bridgehead atoms. The molecule has 1 aromatic carbocycles. The predicted octanol–water partition coefficient (Wildman–Crippen LogP) is 1.77. The van der Waals surface area contributed by atoms with Gasteiger partial charge in [0.1, 0.15) is 5.51 Å². The van der Waals surface area contributed by atoms with Gasteiger partial charge >= 0.3 is 0 Å². The molecule has 13 heavy (non-hydrogen) atoms. The molecule has 0 radical (unpaired) electrons. The van der Waals surface area contributed by atoms with Crippen LogP contribution < -0.4 is 0 Å². The Morgan fingerprint density at radius 2 is 2.00 bits per heavy atom. The maximum absolute atomic E-state index is 11.6. The topological polar surface area (TPSA) is 42.9 Å². The van der Waals surface area contributed by atoms with Crippen LogP contribution in [0.25, 0.3) is 0 Å². The fourth-order valence-corrected chi connectivity index (χ4v) is 1.50. The Kier molecular flexibility index (Phi) is 2.14. The van der Waals surface area contributed by atoms with Crippen LogP contribution in [0.15, 0.2) is 35.8 Å². The zero-order valence-corrected chi connectivity index (χ0v) is 7.49. The van der Waals surface area contributed by atoms with Gasteiger partial charge < -0.3 is 0 Å². The molecule has 0 fully saturated rings. The van der Waals surface area contributed by atoms with E-state index in [2.05, 4.69) is 10.2 Å². The van der Waals surface area contributed by atoms with Gasteiger partial charge in [0, 0.05) is 5.56 Å². The highest BCUT2D eigenvalue weighted by molar-refractivity contribution is 7.11. The van der Waals surface area contributed by atoms with E-state index in [-0.39, 0.29) is 5.78 Å². The van der Waals surface area contributed by atoms with Gasteiger partial charge in [0.25, 0.3) is 0 Å². The molecule has 0 atom stereocenters. The van der Waals surface area contributed by atoms with E-state index < -0.39 is 0 Å². The van der Waals surface area contributed by atoms with Crippen molar-refractivity contribution in [3.63, 3.8) is 0 Å². The van der Waals surface area contributed by atoms with Crippen LogP contribution in [0, 0.1) is 0 Å². The van der Waals surface area contributed by atoms with Gasteiger partial charge in [-0.3, -0.25) is 4.79 Å². The van der Waals surface area contributed by atoms with Crippen molar-refractivity contribution >= 4 is 17.1 Å². The minimum atomic E-state index is -0.0666. The molecule has 1 aromatic heterocycles. The lowest BCUT2D eigenvalue weighted by Crippen LogP contribution is -1.99. The Labute approximate surface area is 79.1 Å². The first-order valence-corrected chi connectivity index (χ1v) is 4.62.